The van der Waals surface area contributed by atoms with Gasteiger partial charge in [0, 0.05) is 30.5 Å². The Morgan fingerprint density at radius 1 is 1.44 bits per heavy atom. The van der Waals surface area contributed by atoms with Crippen LogP contribution in [0.3, 0.4) is 0 Å². The van der Waals surface area contributed by atoms with Crippen LogP contribution in [0.2, 0.25) is 0 Å². The number of aromatic nitrogens is 2. The smallest absolute Gasteiger partial charge is 0.314 e. The lowest BCUT2D eigenvalue weighted by atomic mass is 9.99. The molecular formula is C17H22N4O3S. The molecule has 1 saturated heterocycles. The Bertz CT molecular complexity index is 735. The highest BCUT2D eigenvalue weighted by Crippen LogP contribution is 2.26. The molecule has 25 heavy (non-hydrogen) atoms. The van der Waals surface area contributed by atoms with Crippen molar-refractivity contribution < 1.29 is 14.3 Å². The van der Waals surface area contributed by atoms with Crippen LogP contribution in [0.5, 0.6) is 0 Å². The molecule has 7 nitrogen and oxygen atoms in total. The van der Waals surface area contributed by atoms with Gasteiger partial charge in [0.15, 0.2) is 0 Å². The SMILES string of the molecule is C[C@H](NC(=O)C(=O)Nc1cc(C2CCCOC2)nn1C)c1cccs1. The highest BCUT2D eigenvalue weighted by atomic mass is 32.1. The highest BCUT2D eigenvalue weighted by Gasteiger charge is 2.22. The minimum absolute atomic E-state index is 0.209. The summed E-state index contributed by atoms with van der Waals surface area (Å²) in [7, 11) is 1.75. The van der Waals surface area contributed by atoms with Crippen LogP contribution >= 0.6 is 11.3 Å². The number of rotatable bonds is 4. The largest absolute Gasteiger partial charge is 0.381 e. The van der Waals surface area contributed by atoms with Gasteiger partial charge < -0.3 is 15.4 Å². The van der Waals surface area contributed by atoms with Crippen LogP contribution in [0.4, 0.5) is 5.82 Å². The molecule has 3 heterocycles. The first-order chi connectivity index (χ1) is 12.0. The third-order valence-corrected chi connectivity index (χ3v) is 5.30. The van der Waals surface area contributed by atoms with Crippen molar-refractivity contribution in [2.45, 2.75) is 31.7 Å². The molecule has 0 aromatic carbocycles. The van der Waals surface area contributed by atoms with E-state index in [4.69, 9.17) is 4.74 Å². The zero-order chi connectivity index (χ0) is 17.8. The fraction of sp³-hybridized carbons (Fsp3) is 0.471. The van der Waals surface area contributed by atoms with Crippen LogP contribution in [-0.2, 0) is 21.4 Å². The van der Waals surface area contributed by atoms with E-state index < -0.39 is 11.8 Å². The topological polar surface area (TPSA) is 85.2 Å². The van der Waals surface area contributed by atoms with E-state index in [0.717, 1.165) is 30.0 Å². The van der Waals surface area contributed by atoms with Gasteiger partial charge in [0.2, 0.25) is 0 Å². The monoisotopic (exact) mass is 362 g/mol. The lowest BCUT2D eigenvalue weighted by Crippen LogP contribution is -2.37. The Morgan fingerprint density at radius 2 is 2.28 bits per heavy atom. The van der Waals surface area contributed by atoms with Crippen molar-refractivity contribution in [2.75, 3.05) is 18.5 Å². The average molecular weight is 362 g/mol. The molecule has 1 unspecified atom stereocenters. The molecular weight excluding hydrogens is 340 g/mol. The van der Waals surface area contributed by atoms with Crippen LogP contribution in [0.1, 0.15) is 42.3 Å². The van der Waals surface area contributed by atoms with E-state index in [-0.39, 0.29) is 12.0 Å². The van der Waals surface area contributed by atoms with Crippen molar-refractivity contribution in [3.05, 3.63) is 34.2 Å². The van der Waals surface area contributed by atoms with E-state index in [1.54, 1.807) is 11.7 Å². The minimum Gasteiger partial charge on any atom is -0.381 e. The molecule has 2 amide bonds. The molecule has 1 aliphatic rings. The standard InChI is InChI=1S/C17H22N4O3S/c1-11(14-6-4-8-25-14)18-16(22)17(23)19-15-9-13(20-21(15)2)12-5-3-7-24-10-12/h4,6,8-9,11-12H,3,5,7,10H2,1-2H3,(H,18,22)(H,19,23)/t11-,12?/m0/s1. The molecule has 134 valence electrons. The van der Waals surface area contributed by atoms with Gasteiger partial charge in [-0.1, -0.05) is 6.07 Å². The summed E-state index contributed by atoms with van der Waals surface area (Å²) in [5.74, 6) is -0.620. The van der Waals surface area contributed by atoms with E-state index in [1.165, 1.54) is 11.3 Å². The summed E-state index contributed by atoms with van der Waals surface area (Å²) in [6, 6.07) is 5.44. The molecule has 0 bridgehead atoms. The predicted octanol–water partition coefficient (Wildman–Crippen LogP) is 2.19. The van der Waals surface area contributed by atoms with Crippen molar-refractivity contribution in [1.29, 1.82) is 0 Å². The fourth-order valence-electron chi connectivity index (χ4n) is 2.82. The molecule has 1 aliphatic heterocycles. The number of carbonyl (C=O) groups is 2. The number of thiophene rings is 1. The molecule has 8 heteroatoms. The van der Waals surface area contributed by atoms with Gasteiger partial charge in [0.25, 0.3) is 0 Å². The van der Waals surface area contributed by atoms with Crippen LogP contribution in [0, 0.1) is 0 Å². The number of aryl methyl sites for hydroxylation is 1. The van der Waals surface area contributed by atoms with Gasteiger partial charge in [-0.25, -0.2) is 0 Å². The number of hydrogen-bond acceptors (Lipinski definition) is 5. The fourth-order valence-corrected chi connectivity index (χ4v) is 3.56. The van der Waals surface area contributed by atoms with E-state index in [2.05, 4.69) is 15.7 Å². The molecule has 3 rings (SSSR count). The molecule has 2 aromatic rings. The van der Waals surface area contributed by atoms with Crippen LogP contribution in [0.15, 0.2) is 23.6 Å². The van der Waals surface area contributed by atoms with Crippen molar-refractivity contribution >= 4 is 29.0 Å². The van der Waals surface area contributed by atoms with Gasteiger partial charge in [0.05, 0.1) is 18.3 Å². The van der Waals surface area contributed by atoms with Gasteiger partial charge in [-0.3, -0.25) is 14.3 Å². The van der Waals surface area contributed by atoms with Crippen LogP contribution < -0.4 is 10.6 Å². The molecule has 0 aliphatic carbocycles. The summed E-state index contributed by atoms with van der Waals surface area (Å²) in [5, 5.41) is 11.7. The molecule has 0 radical (unpaired) electrons. The normalized spacial score (nSPS) is 18.6. The van der Waals surface area contributed by atoms with Gasteiger partial charge in [-0.15, -0.1) is 11.3 Å². The first-order valence-electron chi connectivity index (χ1n) is 8.31. The number of nitrogens with zero attached hydrogens (tertiary/aromatic N) is 2. The maximum Gasteiger partial charge on any atom is 0.314 e. The summed E-state index contributed by atoms with van der Waals surface area (Å²) in [4.78, 5) is 25.3. The lowest BCUT2D eigenvalue weighted by Gasteiger charge is -2.19. The summed E-state index contributed by atoms with van der Waals surface area (Å²) < 4.78 is 7.07. The van der Waals surface area contributed by atoms with Gasteiger partial charge in [-0.2, -0.15) is 5.10 Å². The van der Waals surface area contributed by atoms with E-state index in [0.29, 0.717) is 12.4 Å². The number of hydrogen-bond donors (Lipinski definition) is 2. The van der Waals surface area contributed by atoms with Crippen LogP contribution in [0.25, 0.3) is 0 Å². The van der Waals surface area contributed by atoms with Gasteiger partial charge >= 0.3 is 11.8 Å². The Labute approximate surface area is 150 Å². The number of anilines is 1. The zero-order valence-corrected chi connectivity index (χ0v) is 15.1. The third-order valence-electron chi connectivity index (χ3n) is 4.24. The molecule has 2 atom stereocenters. The van der Waals surface area contributed by atoms with Crippen molar-refractivity contribution in [1.82, 2.24) is 15.1 Å². The maximum atomic E-state index is 12.2. The highest BCUT2D eigenvalue weighted by molar-refractivity contribution is 7.10. The Morgan fingerprint density at radius 3 is 2.96 bits per heavy atom. The average Bonchev–Trinajstić information content (AvgIpc) is 3.26. The summed E-state index contributed by atoms with van der Waals surface area (Å²) in [5.41, 5.74) is 0.880. The predicted molar refractivity (Wildman–Crippen MR) is 95.5 cm³/mol. The number of amides is 2. The number of ether oxygens (including phenoxy) is 1. The van der Waals surface area contributed by atoms with Gasteiger partial charge in [-0.05, 0) is 31.2 Å². The minimum atomic E-state index is -0.696. The second-order valence-electron chi connectivity index (χ2n) is 6.16. The molecule has 2 aromatic heterocycles. The van der Waals surface area contributed by atoms with Crippen LogP contribution in [-0.4, -0.2) is 34.8 Å². The maximum absolute atomic E-state index is 12.2. The molecule has 1 fully saturated rings. The van der Waals surface area contributed by atoms with E-state index in [9.17, 15) is 9.59 Å². The molecule has 0 saturated carbocycles. The second-order valence-corrected chi connectivity index (χ2v) is 7.14. The Hall–Kier alpha value is -2.19. The molecule has 2 N–H and O–H groups in total. The molecule has 0 spiro atoms. The van der Waals surface area contributed by atoms with E-state index in [1.807, 2.05) is 30.5 Å². The number of carbonyl (C=O) groups excluding carboxylic acids is 2. The summed E-state index contributed by atoms with van der Waals surface area (Å²) >= 11 is 1.54. The van der Waals surface area contributed by atoms with Crippen molar-refractivity contribution in [2.24, 2.45) is 7.05 Å². The first-order valence-corrected chi connectivity index (χ1v) is 9.19. The lowest BCUT2D eigenvalue weighted by molar-refractivity contribution is -0.136. The first kappa shape index (κ1) is 17.6. The second kappa shape index (κ2) is 7.79. The number of nitrogens with one attached hydrogen (secondary N) is 2. The summed E-state index contributed by atoms with van der Waals surface area (Å²) in [6.07, 6.45) is 2.02. The Kier molecular flexibility index (Phi) is 5.50. The summed E-state index contributed by atoms with van der Waals surface area (Å²) in [6.45, 7) is 3.28. The Balaban J connectivity index is 1.60. The van der Waals surface area contributed by atoms with Crippen molar-refractivity contribution in [3.63, 3.8) is 0 Å². The third kappa shape index (κ3) is 4.26. The van der Waals surface area contributed by atoms with Gasteiger partial charge in [0.1, 0.15) is 5.82 Å². The quantitative estimate of drug-likeness (QED) is 0.817. The van der Waals surface area contributed by atoms with E-state index >= 15 is 0 Å². The zero-order valence-electron chi connectivity index (χ0n) is 14.3. The van der Waals surface area contributed by atoms with Crippen molar-refractivity contribution in [3.8, 4) is 0 Å².